The average molecular weight is 310 g/mol. The van der Waals surface area contributed by atoms with Crippen LogP contribution in [0.3, 0.4) is 0 Å². The van der Waals surface area contributed by atoms with E-state index in [1.54, 1.807) is 17.0 Å². The molecule has 0 aromatic heterocycles. The second-order valence-electron chi connectivity index (χ2n) is 5.55. The molecule has 21 heavy (non-hydrogen) atoms. The lowest BCUT2D eigenvalue weighted by Crippen LogP contribution is -2.47. The first kappa shape index (κ1) is 14.4. The molecule has 1 amide bonds. The Morgan fingerprint density at radius 3 is 2.52 bits per heavy atom. The van der Waals surface area contributed by atoms with Crippen molar-refractivity contribution in [2.24, 2.45) is 5.41 Å². The molecule has 0 bridgehead atoms. The minimum absolute atomic E-state index is 0.232. The summed E-state index contributed by atoms with van der Waals surface area (Å²) in [7, 11) is 0. The van der Waals surface area contributed by atoms with Gasteiger partial charge in [-0.05, 0) is 30.5 Å². The number of morpholine rings is 1. The monoisotopic (exact) mass is 309 g/mol. The summed E-state index contributed by atoms with van der Waals surface area (Å²) in [5.74, 6) is -1.29. The minimum atomic E-state index is -1.18. The SMILES string of the molecule is O=C(O)C1(C(=O)N2CCOC(c3ccc(Cl)cc3)C2)CC1. The number of carbonyl (C=O) groups excluding carboxylic acids is 1. The highest BCUT2D eigenvalue weighted by molar-refractivity contribution is 6.30. The number of benzene rings is 1. The molecule has 1 aliphatic carbocycles. The Labute approximate surface area is 127 Å². The van der Waals surface area contributed by atoms with E-state index in [0.29, 0.717) is 37.6 Å². The standard InChI is InChI=1S/C15H16ClNO4/c16-11-3-1-10(2-4-11)12-9-17(7-8-21-12)13(18)15(5-6-15)14(19)20/h1-4,12H,5-9H2,(H,19,20). The topological polar surface area (TPSA) is 66.8 Å². The Bertz CT molecular complexity index is 568. The molecule has 112 valence electrons. The predicted molar refractivity (Wildman–Crippen MR) is 76.0 cm³/mol. The van der Waals surface area contributed by atoms with Crippen LogP contribution in [0.1, 0.15) is 24.5 Å². The number of aliphatic carboxylic acids is 1. The number of carboxylic acid groups (broad SMARTS) is 1. The molecule has 5 nitrogen and oxygen atoms in total. The number of carboxylic acids is 1. The quantitative estimate of drug-likeness (QED) is 0.868. The van der Waals surface area contributed by atoms with Gasteiger partial charge in [-0.3, -0.25) is 9.59 Å². The van der Waals surface area contributed by atoms with Crippen molar-refractivity contribution >= 4 is 23.5 Å². The number of ether oxygens (including phenoxy) is 1. The van der Waals surface area contributed by atoms with Crippen molar-refractivity contribution in [3.8, 4) is 0 Å². The van der Waals surface area contributed by atoms with E-state index in [9.17, 15) is 14.7 Å². The fourth-order valence-electron chi connectivity index (χ4n) is 2.66. The van der Waals surface area contributed by atoms with Crippen LogP contribution in [0.4, 0.5) is 0 Å². The fraction of sp³-hybridized carbons (Fsp3) is 0.467. The molecule has 1 N–H and O–H groups in total. The summed E-state index contributed by atoms with van der Waals surface area (Å²) < 4.78 is 5.69. The number of hydrogen-bond acceptors (Lipinski definition) is 3. The van der Waals surface area contributed by atoms with E-state index in [0.717, 1.165) is 5.56 Å². The molecular weight excluding hydrogens is 294 g/mol. The number of rotatable bonds is 3. The molecule has 6 heteroatoms. The van der Waals surface area contributed by atoms with Gasteiger partial charge in [-0.1, -0.05) is 23.7 Å². The second-order valence-corrected chi connectivity index (χ2v) is 5.99. The largest absolute Gasteiger partial charge is 0.480 e. The van der Waals surface area contributed by atoms with E-state index in [1.807, 2.05) is 12.1 Å². The second kappa shape index (κ2) is 5.31. The van der Waals surface area contributed by atoms with Gasteiger partial charge in [0.1, 0.15) is 11.5 Å². The molecule has 0 spiro atoms. The van der Waals surface area contributed by atoms with Crippen molar-refractivity contribution in [2.45, 2.75) is 18.9 Å². The summed E-state index contributed by atoms with van der Waals surface area (Å²) in [5.41, 5.74) is -0.237. The van der Waals surface area contributed by atoms with Gasteiger partial charge >= 0.3 is 5.97 Å². The van der Waals surface area contributed by atoms with Crippen LogP contribution < -0.4 is 0 Å². The molecule has 1 aromatic carbocycles. The van der Waals surface area contributed by atoms with Crippen molar-refractivity contribution in [1.82, 2.24) is 4.90 Å². The summed E-state index contributed by atoms with van der Waals surface area (Å²) in [6.45, 7) is 1.24. The van der Waals surface area contributed by atoms with Crippen LogP contribution in [-0.4, -0.2) is 41.6 Å². The maximum Gasteiger partial charge on any atom is 0.319 e. The Morgan fingerprint density at radius 2 is 1.95 bits per heavy atom. The molecule has 1 unspecified atom stereocenters. The van der Waals surface area contributed by atoms with E-state index in [1.165, 1.54) is 0 Å². The van der Waals surface area contributed by atoms with E-state index in [-0.39, 0.29) is 12.0 Å². The summed E-state index contributed by atoms with van der Waals surface area (Å²) in [6, 6.07) is 7.29. The summed E-state index contributed by atoms with van der Waals surface area (Å²) in [5, 5.41) is 9.87. The Morgan fingerprint density at radius 1 is 1.29 bits per heavy atom. The molecule has 1 aliphatic heterocycles. The van der Waals surface area contributed by atoms with E-state index in [4.69, 9.17) is 16.3 Å². The van der Waals surface area contributed by atoms with Crippen LogP contribution in [0.2, 0.25) is 5.02 Å². The first-order valence-electron chi connectivity index (χ1n) is 6.93. The van der Waals surface area contributed by atoms with E-state index < -0.39 is 11.4 Å². The number of carbonyl (C=O) groups is 2. The summed E-state index contributed by atoms with van der Waals surface area (Å²) >= 11 is 5.86. The minimum Gasteiger partial charge on any atom is -0.480 e. The van der Waals surface area contributed by atoms with E-state index in [2.05, 4.69) is 0 Å². The van der Waals surface area contributed by atoms with Crippen molar-refractivity contribution in [3.05, 3.63) is 34.9 Å². The zero-order valence-electron chi connectivity index (χ0n) is 11.4. The number of nitrogens with zero attached hydrogens (tertiary/aromatic N) is 1. The highest BCUT2D eigenvalue weighted by atomic mass is 35.5. The van der Waals surface area contributed by atoms with Gasteiger partial charge in [-0.25, -0.2) is 0 Å². The van der Waals surface area contributed by atoms with Crippen LogP contribution in [0.5, 0.6) is 0 Å². The number of halogens is 1. The van der Waals surface area contributed by atoms with Crippen LogP contribution >= 0.6 is 11.6 Å². The van der Waals surface area contributed by atoms with Gasteiger partial charge < -0.3 is 14.7 Å². The van der Waals surface area contributed by atoms with Crippen molar-refractivity contribution in [2.75, 3.05) is 19.7 Å². The van der Waals surface area contributed by atoms with Crippen LogP contribution in [-0.2, 0) is 14.3 Å². The van der Waals surface area contributed by atoms with Gasteiger partial charge in [0.2, 0.25) is 5.91 Å². The smallest absolute Gasteiger partial charge is 0.319 e. The molecule has 1 aromatic rings. The predicted octanol–water partition coefficient (Wildman–Crippen LogP) is 2.10. The average Bonchev–Trinajstić information content (AvgIpc) is 3.29. The van der Waals surface area contributed by atoms with Crippen LogP contribution in [0, 0.1) is 5.41 Å². The molecule has 3 rings (SSSR count). The molecule has 1 heterocycles. The van der Waals surface area contributed by atoms with Crippen molar-refractivity contribution in [3.63, 3.8) is 0 Å². The number of hydrogen-bond donors (Lipinski definition) is 1. The van der Waals surface area contributed by atoms with Crippen LogP contribution in [0.25, 0.3) is 0 Å². The lowest BCUT2D eigenvalue weighted by molar-refractivity contribution is -0.157. The normalized spacial score (nSPS) is 23.7. The third kappa shape index (κ3) is 2.63. The Balaban J connectivity index is 1.73. The highest BCUT2D eigenvalue weighted by Crippen LogP contribution is 2.48. The van der Waals surface area contributed by atoms with E-state index >= 15 is 0 Å². The summed E-state index contributed by atoms with van der Waals surface area (Å²) in [6.07, 6.45) is 0.637. The third-order valence-corrected chi connectivity index (χ3v) is 4.42. The summed E-state index contributed by atoms with van der Waals surface area (Å²) in [4.78, 5) is 25.3. The van der Waals surface area contributed by atoms with Gasteiger partial charge in [0.25, 0.3) is 0 Å². The molecule has 1 saturated heterocycles. The first-order valence-corrected chi connectivity index (χ1v) is 7.30. The zero-order chi connectivity index (χ0) is 15.0. The maximum atomic E-state index is 12.4. The van der Waals surface area contributed by atoms with Crippen molar-refractivity contribution < 1.29 is 19.4 Å². The lowest BCUT2D eigenvalue weighted by atomic mass is 10.0. The zero-order valence-corrected chi connectivity index (χ0v) is 12.2. The highest BCUT2D eigenvalue weighted by Gasteiger charge is 2.58. The van der Waals surface area contributed by atoms with Gasteiger partial charge in [0.15, 0.2) is 0 Å². The van der Waals surface area contributed by atoms with Gasteiger partial charge in [0.05, 0.1) is 13.2 Å². The third-order valence-electron chi connectivity index (χ3n) is 4.16. The molecule has 1 atom stereocenters. The lowest BCUT2D eigenvalue weighted by Gasteiger charge is -2.34. The molecule has 2 fully saturated rings. The van der Waals surface area contributed by atoms with Gasteiger partial charge in [-0.2, -0.15) is 0 Å². The Kier molecular flexibility index (Phi) is 3.63. The van der Waals surface area contributed by atoms with Crippen LogP contribution in [0.15, 0.2) is 24.3 Å². The first-order chi connectivity index (χ1) is 10.0. The number of amides is 1. The molecule has 1 saturated carbocycles. The fourth-order valence-corrected chi connectivity index (χ4v) is 2.79. The van der Waals surface area contributed by atoms with Gasteiger partial charge in [-0.15, -0.1) is 0 Å². The van der Waals surface area contributed by atoms with Crippen molar-refractivity contribution in [1.29, 1.82) is 0 Å². The molecule has 0 radical (unpaired) electrons. The maximum absolute atomic E-state index is 12.4. The molecule has 2 aliphatic rings. The van der Waals surface area contributed by atoms with Gasteiger partial charge in [0, 0.05) is 11.6 Å². The Hall–Kier alpha value is -1.59. The molecular formula is C15H16ClNO4.